The van der Waals surface area contributed by atoms with Crippen LogP contribution in [0.15, 0.2) is 11.1 Å². The third-order valence-corrected chi connectivity index (χ3v) is 11.6. The highest BCUT2D eigenvalue weighted by molar-refractivity contribution is 6.07. The Kier molecular flexibility index (Phi) is 5.90. The summed E-state index contributed by atoms with van der Waals surface area (Å²) in [5.41, 5.74) is 0.624. The second-order valence-electron chi connectivity index (χ2n) is 13.5. The maximum Gasteiger partial charge on any atom is 0.317 e. The van der Waals surface area contributed by atoms with Gasteiger partial charge in [0.2, 0.25) is 0 Å². The Hall–Kier alpha value is -1.16. The highest BCUT2D eigenvalue weighted by Crippen LogP contribution is 2.74. The van der Waals surface area contributed by atoms with E-state index in [0.717, 1.165) is 43.3 Å². The summed E-state index contributed by atoms with van der Waals surface area (Å²) in [6.45, 7) is 11.1. The van der Waals surface area contributed by atoms with Crippen molar-refractivity contribution >= 4 is 11.8 Å². The maximum atomic E-state index is 14.0. The minimum atomic E-state index is -0.741. The van der Waals surface area contributed by atoms with Crippen LogP contribution in [0.1, 0.15) is 118 Å². The summed E-state index contributed by atoms with van der Waals surface area (Å²) >= 11 is 0. The Morgan fingerprint density at radius 1 is 0.971 bits per heavy atom. The first-order chi connectivity index (χ1) is 16.0. The summed E-state index contributed by atoms with van der Waals surface area (Å²) in [5.74, 6) is 0.649. The summed E-state index contributed by atoms with van der Waals surface area (Å²) in [6, 6.07) is 0. The lowest BCUT2D eigenvalue weighted by molar-refractivity contribution is -0.193. The highest BCUT2D eigenvalue weighted by atomic mass is 16.5. The number of fused-ring (bicyclic) bond motifs is 2. The average Bonchev–Trinajstić information content (AvgIpc) is 3.08. The van der Waals surface area contributed by atoms with Crippen LogP contribution in [-0.2, 0) is 14.3 Å². The summed E-state index contributed by atoms with van der Waals surface area (Å²) < 4.78 is 6.19. The van der Waals surface area contributed by atoms with Crippen molar-refractivity contribution in [3.63, 3.8) is 0 Å². The van der Waals surface area contributed by atoms with Crippen LogP contribution in [0.3, 0.4) is 0 Å². The van der Waals surface area contributed by atoms with Gasteiger partial charge in [0.1, 0.15) is 11.5 Å². The standard InChI is InChI=1S/C30H46O4/c1-6-7-8-9-10-11-12-19-13-16-30-24-20(31)17-22-27(2,3)23(32)14-15-28(22,4)25(24)21(34-26(30)33)18-29(19,30)5/h19,21-23,32H,6-18H2,1-5H3/t19-,21+,22?,23-,28-,29+,30-/m0/s1. The Morgan fingerprint density at radius 2 is 1.68 bits per heavy atom. The lowest BCUT2D eigenvalue weighted by Gasteiger charge is -2.64. The Bertz CT molecular complexity index is 901. The number of aliphatic hydroxyl groups is 1. The fourth-order valence-corrected chi connectivity index (χ4v) is 9.55. The third kappa shape index (κ3) is 3.05. The molecule has 190 valence electrons. The molecule has 4 heteroatoms. The smallest absolute Gasteiger partial charge is 0.317 e. The van der Waals surface area contributed by atoms with E-state index >= 15 is 0 Å². The Labute approximate surface area is 206 Å². The van der Waals surface area contributed by atoms with Gasteiger partial charge in [-0.2, -0.15) is 0 Å². The van der Waals surface area contributed by atoms with Gasteiger partial charge in [0, 0.05) is 12.0 Å². The molecule has 3 fully saturated rings. The van der Waals surface area contributed by atoms with Crippen LogP contribution >= 0.6 is 0 Å². The second kappa shape index (κ2) is 8.18. The molecule has 6 aliphatic rings. The van der Waals surface area contributed by atoms with Crippen LogP contribution in [0.25, 0.3) is 0 Å². The van der Waals surface area contributed by atoms with Crippen molar-refractivity contribution < 1.29 is 19.4 Å². The first-order valence-electron chi connectivity index (χ1n) is 14.2. The summed E-state index contributed by atoms with van der Waals surface area (Å²) in [4.78, 5) is 27.6. The first kappa shape index (κ1) is 24.5. The normalized spacial score (nSPS) is 44.5. The molecule has 34 heavy (non-hydrogen) atoms. The number of carbonyl (C=O) groups excluding carboxylic acids is 2. The SMILES string of the molecule is CCCCCCCC[C@H]1CC[C@]23C(=O)O[C@H](C[C@]12C)C1=C3C(=O)CC2C(C)(C)[C@@H](O)CC[C@]12C. The molecule has 0 amide bonds. The average molecular weight is 471 g/mol. The van der Waals surface area contributed by atoms with E-state index in [1.807, 2.05) is 0 Å². The van der Waals surface area contributed by atoms with Gasteiger partial charge in [0.15, 0.2) is 5.78 Å². The van der Waals surface area contributed by atoms with Crippen molar-refractivity contribution in [1.82, 2.24) is 0 Å². The minimum absolute atomic E-state index is 0.0935. The largest absolute Gasteiger partial charge is 0.457 e. The first-order valence-corrected chi connectivity index (χ1v) is 14.2. The van der Waals surface area contributed by atoms with Gasteiger partial charge in [-0.25, -0.2) is 0 Å². The van der Waals surface area contributed by atoms with E-state index in [4.69, 9.17) is 4.74 Å². The molecule has 1 N–H and O–H groups in total. The van der Waals surface area contributed by atoms with E-state index in [1.165, 1.54) is 44.9 Å². The van der Waals surface area contributed by atoms with Gasteiger partial charge < -0.3 is 9.84 Å². The second-order valence-corrected chi connectivity index (χ2v) is 13.5. The molecule has 0 aromatic heterocycles. The van der Waals surface area contributed by atoms with Crippen LogP contribution in [-0.4, -0.2) is 29.1 Å². The number of ketones is 1. The number of aliphatic hydroxyl groups excluding tert-OH is 1. The van der Waals surface area contributed by atoms with Gasteiger partial charge in [-0.3, -0.25) is 9.59 Å². The monoisotopic (exact) mass is 470 g/mol. The molecule has 1 saturated heterocycles. The van der Waals surface area contributed by atoms with Crippen molar-refractivity contribution in [2.24, 2.45) is 33.5 Å². The van der Waals surface area contributed by atoms with E-state index in [9.17, 15) is 14.7 Å². The molecular formula is C30H46O4. The number of esters is 1. The number of ether oxygens (including phenoxy) is 1. The topological polar surface area (TPSA) is 63.6 Å². The molecule has 1 unspecified atom stereocenters. The fourth-order valence-electron chi connectivity index (χ4n) is 9.55. The molecule has 2 bridgehead atoms. The quantitative estimate of drug-likeness (QED) is 0.339. The molecule has 1 spiro atoms. The van der Waals surface area contributed by atoms with Crippen LogP contribution in [0.5, 0.6) is 0 Å². The Balaban J connectivity index is 1.49. The zero-order valence-corrected chi connectivity index (χ0v) is 22.2. The highest BCUT2D eigenvalue weighted by Gasteiger charge is 2.74. The predicted octanol–water partition coefficient (Wildman–Crippen LogP) is 6.54. The zero-order valence-electron chi connectivity index (χ0n) is 22.2. The molecule has 2 aliphatic heterocycles. The number of unbranched alkanes of at least 4 members (excludes halogenated alkanes) is 5. The van der Waals surface area contributed by atoms with E-state index in [0.29, 0.717) is 12.3 Å². The minimum Gasteiger partial charge on any atom is -0.457 e. The number of Topliss-reactive ketones (excluding diaryl/α,β-unsaturated/α-hetero) is 1. The van der Waals surface area contributed by atoms with Gasteiger partial charge in [-0.15, -0.1) is 0 Å². The predicted molar refractivity (Wildman–Crippen MR) is 133 cm³/mol. The van der Waals surface area contributed by atoms with E-state index in [2.05, 4.69) is 34.6 Å². The van der Waals surface area contributed by atoms with Crippen molar-refractivity contribution in [3.8, 4) is 0 Å². The molecular weight excluding hydrogens is 424 g/mol. The number of rotatable bonds is 7. The van der Waals surface area contributed by atoms with Gasteiger partial charge in [-0.05, 0) is 72.2 Å². The van der Waals surface area contributed by atoms with Crippen LogP contribution in [0.4, 0.5) is 0 Å². The molecule has 4 nitrogen and oxygen atoms in total. The van der Waals surface area contributed by atoms with Crippen molar-refractivity contribution in [2.45, 2.75) is 130 Å². The van der Waals surface area contributed by atoms with Crippen LogP contribution < -0.4 is 0 Å². The number of carbonyl (C=O) groups is 2. The maximum absolute atomic E-state index is 14.0. The summed E-state index contributed by atoms with van der Waals surface area (Å²) in [5, 5.41) is 10.8. The van der Waals surface area contributed by atoms with Gasteiger partial charge in [0.05, 0.1) is 6.10 Å². The third-order valence-electron chi connectivity index (χ3n) is 11.6. The van der Waals surface area contributed by atoms with Gasteiger partial charge in [-0.1, -0.05) is 73.1 Å². The lowest BCUT2D eigenvalue weighted by atomic mass is 9.41. The molecule has 6 rings (SSSR count). The summed E-state index contributed by atoms with van der Waals surface area (Å²) in [6.07, 6.45) is 13.0. The molecule has 0 aromatic rings. The van der Waals surface area contributed by atoms with Crippen molar-refractivity contribution in [2.75, 3.05) is 0 Å². The summed E-state index contributed by atoms with van der Waals surface area (Å²) in [7, 11) is 0. The van der Waals surface area contributed by atoms with Crippen molar-refractivity contribution in [3.05, 3.63) is 11.1 Å². The number of hydrogen-bond donors (Lipinski definition) is 1. The molecule has 7 atom stereocenters. The Morgan fingerprint density at radius 3 is 2.41 bits per heavy atom. The number of hydrogen-bond acceptors (Lipinski definition) is 4. The van der Waals surface area contributed by atoms with Gasteiger partial charge >= 0.3 is 5.97 Å². The lowest BCUT2D eigenvalue weighted by Crippen LogP contribution is -2.65. The van der Waals surface area contributed by atoms with Crippen LogP contribution in [0, 0.1) is 33.5 Å². The zero-order chi connectivity index (χ0) is 24.5. The molecule has 0 radical (unpaired) electrons. The molecule has 2 saturated carbocycles. The molecule has 2 heterocycles. The van der Waals surface area contributed by atoms with E-state index in [-0.39, 0.29) is 46.1 Å². The van der Waals surface area contributed by atoms with E-state index < -0.39 is 5.41 Å². The fraction of sp³-hybridized carbons (Fsp3) is 0.867. The molecule has 4 aliphatic carbocycles. The van der Waals surface area contributed by atoms with Crippen LogP contribution in [0.2, 0.25) is 0 Å². The molecule has 0 aromatic carbocycles. The van der Waals surface area contributed by atoms with Gasteiger partial charge in [0.25, 0.3) is 0 Å². The van der Waals surface area contributed by atoms with E-state index in [1.54, 1.807) is 0 Å². The van der Waals surface area contributed by atoms with Crippen molar-refractivity contribution in [1.29, 1.82) is 0 Å².